The molecule has 0 bridgehead atoms. The molecule has 1 atom stereocenters. The van der Waals surface area contributed by atoms with Crippen LogP contribution in [0.1, 0.15) is 18.5 Å². The van der Waals surface area contributed by atoms with Gasteiger partial charge in [0.2, 0.25) is 0 Å². The summed E-state index contributed by atoms with van der Waals surface area (Å²) in [5.41, 5.74) is 6.82. The minimum absolute atomic E-state index is 0.0632. The van der Waals surface area contributed by atoms with Crippen molar-refractivity contribution in [1.82, 2.24) is 0 Å². The van der Waals surface area contributed by atoms with Crippen molar-refractivity contribution in [2.45, 2.75) is 13.0 Å². The topological polar surface area (TPSA) is 35.2 Å². The fourth-order valence-electron chi connectivity index (χ4n) is 1.66. The van der Waals surface area contributed by atoms with Gasteiger partial charge in [-0.05, 0) is 36.8 Å². The number of hydrogen-bond donors (Lipinski definition) is 1. The Hall–Kier alpha value is -0.910. The summed E-state index contributed by atoms with van der Waals surface area (Å²) < 4.78 is 20.4. The SMILES string of the molecule is C[C@H](N)c1ccc(Oc2cc(F)cc(Br)c2)cc1Br. The Bertz CT molecular complexity index is 582. The van der Waals surface area contributed by atoms with Gasteiger partial charge in [0, 0.05) is 21.1 Å². The molecule has 0 aliphatic rings. The van der Waals surface area contributed by atoms with Crippen LogP contribution in [0.15, 0.2) is 45.3 Å². The lowest BCUT2D eigenvalue weighted by atomic mass is 10.1. The first-order chi connectivity index (χ1) is 8.95. The zero-order valence-corrected chi connectivity index (χ0v) is 13.3. The number of rotatable bonds is 3. The number of hydrogen-bond acceptors (Lipinski definition) is 2. The second kappa shape index (κ2) is 6.03. The van der Waals surface area contributed by atoms with E-state index >= 15 is 0 Å². The number of nitrogens with two attached hydrogens (primary N) is 1. The first-order valence-corrected chi connectivity index (χ1v) is 7.23. The minimum Gasteiger partial charge on any atom is -0.457 e. The van der Waals surface area contributed by atoms with Gasteiger partial charge in [0.15, 0.2) is 0 Å². The molecule has 2 aromatic carbocycles. The summed E-state index contributed by atoms with van der Waals surface area (Å²) in [4.78, 5) is 0. The smallest absolute Gasteiger partial charge is 0.131 e. The molecule has 2 nitrogen and oxygen atoms in total. The zero-order chi connectivity index (χ0) is 14.0. The van der Waals surface area contributed by atoms with E-state index < -0.39 is 0 Å². The normalized spacial score (nSPS) is 12.3. The number of benzene rings is 2. The third kappa shape index (κ3) is 3.78. The van der Waals surface area contributed by atoms with E-state index in [-0.39, 0.29) is 11.9 Å². The molecular weight excluding hydrogens is 377 g/mol. The van der Waals surface area contributed by atoms with Crippen molar-refractivity contribution in [2.24, 2.45) is 5.73 Å². The van der Waals surface area contributed by atoms with Gasteiger partial charge in [-0.25, -0.2) is 4.39 Å². The van der Waals surface area contributed by atoms with Gasteiger partial charge in [-0.1, -0.05) is 37.9 Å². The average molecular weight is 389 g/mol. The molecule has 2 aromatic rings. The maximum Gasteiger partial charge on any atom is 0.131 e. The van der Waals surface area contributed by atoms with E-state index in [1.165, 1.54) is 12.1 Å². The van der Waals surface area contributed by atoms with E-state index in [0.717, 1.165) is 10.0 Å². The van der Waals surface area contributed by atoms with Gasteiger partial charge < -0.3 is 10.5 Å². The van der Waals surface area contributed by atoms with Crippen LogP contribution in [0.4, 0.5) is 4.39 Å². The number of halogens is 3. The van der Waals surface area contributed by atoms with Crippen LogP contribution in [-0.2, 0) is 0 Å². The second-order valence-corrected chi connectivity index (χ2v) is 5.95. The van der Waals surface area contributed by atoms with Gasteiger partial charge >= 0.3 is 0 Å². The highest BCUT2D eigenvalue weighted by molar-refractivity contribution is 9.10. The summed E-state index contributed by atoms with van der Waals surface area (Å²) in [6.07, 6.45) is 0. The first kappa shape index (κ1) is 14.5. The first-order valence-electron chi connectivity index (χ1n) is 5.64. The van der Waals surface area contributed by atoms with Gasteiger partial charge in [0.25, 0.3) is 0 Å². The molecule has 100 valence electrons. The molecule has 2 N–H and O–H groups in total. The highest BCUT2D eigenvalue weighted by Crippen LogP contribution is 2.30. The van der Waals surface area contributed by atoms with Gasteiger partial charge in [-0.3, -0.25) is 0 Å². The zero-order valence-electron chi connectivity index (χ0n) is 10.2. The Morgan fingerprint density at radius 3 is 2.42 bits per heavy atom. The van der Waals surface area contributed by atoms with E-state index in [4.69, 9.17) is 10.5 Å². The molecular formula is C14H12Br2FNO. The molecule has 0 saturated carbocycles. The van der Waals surface area contributed by atoms with Crippen LogP contribution in [0.25, 0.3) is 0 Å². The molecule has 0 aliphatic heterocycles. The van der Waals surface area contributed by atoms with Crippen molar-refractivity contribution in [1.29, 1.82) is 0 Å². The van der Waals surface area contributed by atoms with Crippen LogP contribution in [0.3, 0.4) is 0 Å². The molecule has 19 heavy (non-hydrogen) atoms. The van der Waals surface area contributed by atoms with Gasteiger partial charge in [-0.2, -0.15) is 0 Å². The van der Waals surface area contributed by atoms with Crippen LogP contribution in [0.2, 0.25) is 0 Å². The second-order valence-electron chi connectivity index (χ2n) is 4.18. The van der Waals surface area contributed by atoms with Crippen LogP contribution in [0.5, 0.6) is 11.5 Å². The molecule has 0 saturated heterocycles. The molecule has 5 heteroatoms. The molecule has 0 amide bonds. The van der Waals surface area contributed by atoms with Crippen molar-refractivity contribution in [2.75, 3.05) is 0 Å². The van der Waals surface area contributed by atoms with Crippen molar-refractivity contribution >= 4 is 31.9 Å². The third-order valence-electron chi connectivity index (χ3n) is 2.53. The van der Waals surface area contributed by atoms with Crippen molar-refractivity contribution in [3.63, 3.8) is 0 Å². The molecule has 0 unspecified atom stereocenters. The minimum atomic E-state index is -0.351. The lowest BCUT2D eigenvalue weighted by Gasteiger charge is -2.11. The molecule has 0 aliphatic carbocycles. The average Bonchev–Trinajstić information content (AvgIpc) is 2.26. The standard InChI is InChI=1S/C14H12Br2FNO/c1-8(18)13-3-2-11(7-14(13)16)19-12-5-9(15)4-10(17)6-12/h2-8H,18H2,1H3/t8-/m0/s1. The lowest BCUT2D eigenvalue weighted by Crippen LogP contribution is -2.05. The fourth-order valence-corrected chi connectivity index (χ4v) is 2.83. The molecule has 0 aromatic heterocycles. The Kier molecular flexibility index (Phi) is 4.60. The van der Waals surface area contributed by atoms with E-state index in [9.17, 15) is 4.39 Å². The quantitative estimate of drug-likeness (QED) is 0.787. The van der Waals surface area contributed by atoms with Crippen LogP contribution >= 0.6 is 31.9 Å². The number of ether oxygens (including phenoxy) is 1. The van der Waals surface area contributed by atoms with Crippen LogP contribution in [-0.4, -0.2) is 0 Å². The molecule has 0 heterocycles. The highest BCUT2D eigenvalue weighted by atomic mass is 79.9. The van der Waals surface area contributed by atoms with Crippen molar-refractivity contribution in [3.05, 3.63) is 56.7 Å². The summed E-state index contributed by atoms with van der Waals surface area (Å²) in [5, 5.41) is 0. The predicted molar refractivity (Wildman–Crippen MR) is 80.9 cm³/mol. The fraction of sp³-hybridized carbons (Fsp3) is 0.143. The monoisotopic (exact) mass is 387 g/mol. The van der Waals surface area contributed by atoms with Gasteiger partial charge in [-0.15, -0.1) is 0 Å². The Morgan fingerprint density at radius 1 is 1.11 bits per heavy atom. The van der Waals surface area contributed by atoms with Gasteiger partial charge in [0.05, 0.1) is 0 Å². The maximum atomic E-state index is 13.2. The summed E-state index contributed by atoms with van der Waals surface area (Å²) in [6.45, 7) is 1.91. The summed E-state index contributed by atoms with van der Waals surface area (Å²) >= 11 is 6.67. The lowest BCUT2D eigenvalue weighted by molar-refractivity contribution is 0.475. The molecule has 2 rings (SSSR count). The molecule has 0 spiro atoms. The Balaban J connectivity index is 2.26. The van der Waals surface area contributed by atoms with Gasteiger partial charge in [0.1, 0.15) is 17.3 Å². The summed E-state index contributed by atoms with van der Waals surface area (Å²) in [7, 11) is 0. The predicted octanol–water partition coefficient (Wildman–Crippen LogP) is 5.16. The van der Waals surface area contributed by atoms with Crippen molar-refractivity contribution in [3.8, 4) is 11.5 Å². The van der Waals surface area contributed by atoms with Crippen LogP contribution in [0, 0.1) is 5.82 Å². The Labute approximate surface area is 128 Å². The maximum absolute atomic E-state index is 13.2. The van der Waals surface area contributed by atoms with E-state index in [2.05, 4.69) is 31.9 Å². The van der Waals surface area contributed by atoms with Crippen LogP contribution < -0.4 is 10.5 Å². The largest absolute Gasteiger partial charge is 0.457 e. The van der Waals surface area contributed by atoms with E-state index in [1.807, 2.05) is 25.1 Å². The molecule has 0 fully saturated rings. The van der Waals surface area contributed by atoms with Crippen molar-refractivity contribution < 1.29 is 9.13 Å². The van der Waals surface area contributed by atoms with E-state index in [0.29, 0.717) is 16.0 Å². The Morgan fingerprint density at radius 2 is 1.84 bits per heavy atom. The molecule has 0 radical (unpaired) electrons. The van der Waals surface area contributed by atoms with E-state index in [1.54, 1.807) is 6.07 Å². The third-order valence-corrected chi connectivity index (χ3v) is 3.68. The highest BCUT2D eigenvalue weighted by Gasteiger charge is 2.07. The summed E-state index contributed by atoms with van der Waals surface area (Å²) in [6, 6.07) is 9.86. The summed E-state index contributed by atoms with van der Waals surface area (Å²) in [5.74, 6) is 0.705.